The Hall–Kier alpha value is -1.69. The van der Waals surface area contributed by atoms with E-state index in [1.165, 1.54) is 12.3 Å². The molecule has 0 saturated carbocycles. The van der Waals surface area contributed by atoms with Crippen molar-refractivity contribution < 1.29 is 9.18 Å². The molecule has 1 aromatic heterocycles. The van der Waals surface area contributed by atoms with Crippen molar-refractivity contribution in [3.05, 3.63) is 23.6 Å². The van der Waals surface area contributed by atoms with Crippen molar-refractivity contribution in [1.29, 1.82) is 0 Å². The molecule has 1 aliphatic heterocycles. The molecule has 0 aromatic carbocycles. The van der Waals surface area contributed by atoms with E-state index in [1.807, 2.05) is 7.05 Å². The summed E-state index contributed by atoms with van der Waals surface area (Å²) in [6.45, 7) is 1.56. The molecule has 1 fully saturated rings. The Morgan fingerprint density at radius 3 is 3.17 bits per heavy atom. The van der Waals surface area contributed by atoms with Crippen LogP contribution in [0, 0.1) is 5.82 Å². The van der Waals surface area contributed by atoms with Gasteiger partial charge < -0.3 is 16.0 Å². The van der Waals surface area contributed by atoms with E-state index in [9.17, 15) is 9.18 Å². The molecule has 98 valence electrons. The average Bonchev–Trinajstić information content (AvgIpc) is 2.75. The molecule has 0 aliphatic carbocycles. The minimum atomic E-state index is -0.755. The van der Waals surface area contributed by atoms with Crippen molar-refractivity contribution in [2.45, 2.75) is 18.9 Å². The van der Waals surface area contributed by atoms with Gasteiger partial charge in [-0.1, -0.05) is 0 Å². The number of nitrogens with two attached hydrogens (primary N) is 1. The molecule has 6 heteroatoms. The predicted molar refractivity (Wildman–Crippen MR) is 66.6 cm³/mol. The topological polar surface area (TPSA) is 71.2 Å². The average molecular weight is 252 g/mol. The van der Waals surface area contributed by atoms with Crippen molar-refractivity contribution >= 4 is 11.7 Å². The number of nitrogen functional groups attached to an aromatic ring is 1. The van der Waals surface area contributed by atoms with Crippen LogP contribution >= 0.6 is 0 Å². The molecule has 18 heavy (non-hydrogen) atoms. The third-order valence-electron chi connectivity index (χ3n) is 3.33. The van der Waals surface area contributed by atoms with Gasteiger partial charge >= 0.3 is 0 Å². The Bertz CT molecular complexity index is 452. The van der Waals surface area contributed by atoms with Gasteiger partial charge in [0.05, 0.1) is 5.56 Å². The van der Waals surface area contributed by atoms with Crippen molar-refractivity contribution in [3.63, 3.8) is 0 Å². The molecule has 2 heterocycles. The Morgan fingerprint density at radius 1 is 1.72 bits per heavy atom. The molecule has 0 radical (unpaired) electrons. The summed E-state index contributed by atoms with van der Waals surface area (Å²) in [5.74, 6) is -1.45. The number of pyridine rings is 1. The fourth-order valence-electron chi connectivity index (χ4n) is 2.18. The van der Waals surface area contributed by atoms with Gasteiger partial charge in [-0.15, -0.1) is 0 Å². The maximum Gasteiger partial charge on any atom is 0.254 e. The molecular formula is C12H17FN4O. The number of hydrogen-bond donors (Lipinski definition) is 2. The maximum absolute atomic E-state index is 13.6. The van der Waals surface area contributed by atoms with Crippen LogP contribution in [0.2, 0.25) is 0 Å². The van der Waals surface area contributed by atoms with Gasteiger partial charge in [0.25, 0.3) is 5.91 Å². The SMILES string of the molecule is CN1CCCC1CNC(=O)c1ccnc(N)c1F. The molecule has 1 unspecified atom stereocenters. The second-order valence-corrected chi connectivity index (χ2v) is 4.54. The number of carbonyl (C=O) groups excluding carboxylic acids is 1. The molecule has 1 atom stereocenters. The summed E-state index contributed by atoms with van der Waals surface area (Å²) in [5.41, 5.74) is 5.27. The predicted octanol–water partition coefficient (Wildman–Crippen LogP) is 0.627. The van der Waals surface area contributed by atoms with Gasteiger partial charge in [0.1, 0.15) is 0 Å². The molecule has 1 saturated heterocycles. The number of rotatable bonds is 3. The molecule has 1 aromatic rings. The zero-order valence-electron chi connectivity index (χ0n) is 10.3. The normalized spacial score (nSPS) is 20.0. The number of nitrogens with one attached hydrogen (secondary N) is 1. The van der Waals surface area contributed by atoms with Gasteiger partial charge in [-0.3, -0.25) is 4.79 Å². The van der Waals surface area contributed by atoms with Crippen molar-refractivity contribution in [3.8, 4) is 0 Å². The van der Waals surface area contributed by atoms with Gasteiger partial charge in [0, 0.05) is 18.8 Å². The first kappa shape index (κ1) is 12.8. The number of nitrogens with zero attached hydrogens (tertiary/aromatic N) is 2. The van der Waals surface area contributed by atoms with Crippen LogP contribution in [0.4, 0.5) is 10.2 Å². The number of likely N-dealkylation sites (tertiary alicyclic amines) is 1. The van der Waals surface area contributed by atoms with E-state index in [0.717, 1.165) is 19.4 Å². The number of anilines is 1. The number of halogens is 1. The summed E-state index contributed by atoms with van der Waals surface area (Å²) in [5, 5.41) is 2.74. The van der Waals surface area contributed by atoms with Crippen LogP contribution in [0.1, 0.15) is 23.2 Å². The third kappa shape index (κ3) is 2.59. The molecule has 1 aliphatic rings. The van der Waals surface area contributed by atoms with Gasteiger partial charge in [-0.2, -0.15) is 0 Å². The summed E-state index contributed by atoms with van der Waals surface area (Å²) >= 11 is 0. The lowest BCUT2D eigenvalue weighted by atomic mass is 10.2. The third-order valence-corrected chi connectivity index (χ3v) is 3.33. The van der Waals surface area contributed by atoms with Crippen molar-refractivity contribution in [1.82, 2.24) is 15.2 Å². The van der Waals surface area contributed by atoms with Crippen molar-refractivity contribution in [2.75, 3.05) is 25.9 Å². The molecule has 1 amide bonds. The first-order valence-electron chi connectivity index (χ1n) is 5.98. The Labute approximate surface area is 105 Å². The van der Waals surface area contributed by atoms with Crippen LogP contribution in [0.5, 0.6) is 0 Å². The number of hydrogen-bond acceptors (Lipinski definition) is 4. The summed E-state index contributed by atoms with van der Waals surface area (Å²) < 4.78 is 13.6. The standard InChI is InChI=1S/C12H17FN4O/c1-17-6-2-3-8(17)7-16-12(18)9-4-5-15-11(14)10(9)13/h4-5,8H,2-3,6-7H2,1H3,(H2,14,15)(H,16,18). The quantitative estimate of drug-likeness (QED) is 0.827. The van der Waals surface area contributed by atoms with E-state index < -0.39 is 11.7 Å². The molecule has 3 N–H and O–H groups in total. The highest BCUT2D eigenvalue weighted by molar-refractivity contribution is 5.95. The van der Waals surface area contributed by atoms with Crippen molar-refractivity contribution in [2.24, 2.45) is 0 Å². The zero-order chi connectivity index (χ0) is 13.1. The number of likely N-dealkylation sites (N-methyl/N-ethyl adjacent to an activating group) is 1. The monoisotopic (exact) mass is 252 g/mol. The van der Waals surface area contributed by atoms with E-state index in [2.05, 4.69) is 15.2 Å². The summed E-state index contributed by atoms with van der Waals surface area (Å²) in [6.07, 6.45) is 3.51. The van der Waals surface area contributed by atoms with Crippen LogP contribution in [0.3, 0.4) is 0 Å². The van der Waals surface area contributed by atoms with Crippen LogP contribution < -0.4 is 11.1 Å². The van der Waals surface area contributed by atoms with E-state index in [1.54, 1.807) is 0 Å². The highest BCUT2D eigenvalue weighted by Gasteiger charge is 2.22. The molecule has 0 spiro atoms. The number of aromatic nitrogens is 1. The van der Waals surface area contributed by atoms with Crippen LogP contribution in [-0.2, 0) is 0 Å². The second kappa shape index (κ2) is 5.30. The summed E-state index contributed by atoms with van der Waals surface area (Å²) in [7, 11) is 2.02. The molecule has 2 rings (SSSR count). The Morgan fingerprint density at radius 2 is 2.50 bits per heavy atom. The van der Waals surface area contributed by atoms with E-state index >= 15 is 0 Å². The van der Waals surface area contributed by atoms with E-state index in [0.29, 0.717) is 12.6 Å². The lowest BCUT2D eigenvalue weighted by molar-refractivity contribution is 0.0939. The van der Waals surface area contributed by atoms with E-state index in [-0.39, 0.29) is 11.4 Å². The smallest absolute Gasteiger partial charge is 0.254 e. The summed E-state index contributed by atoms with van der Waals surface area (Å²) in [6, 6.07) is 1.66. The lowest BCUT2D eigenvalue weighted by Crippen LogP contribution is -2.38. The molecule has 0 bridgehead atoms. The fourth-order valence-corrected chi connectivity index (χ4v) is 2.18. The maximum atomic E-state index is 13.6. The van der Waals surface area contributed by atoms with Gasteiger partial charge in [0.2, 0.25) is 0 Å². The zero-order valence-corrected chi connectivity index (χ0v) is 10.3. The molecular weight excluding hydrogens is 235 g/mol. The lowest BCUT2D eigenvalue weighted by Gasteiger charge is -2.19. The minimum absolute atomic E-state index is 0.0526. The minimum Gasteiger partial charge on any atom is -0.381 e. The van der Waals surface area contributed by atoms with Crippen LogP contribution in [0.25, 0.3) is 0 Å². The first-order valence-corrected chi connectivity index (χ1v) is 5.98. The van der Waals surface area contributed by atoms with Gasteiger partial charge in [0.15, 0.2) is 11.6 Å². The van der Waals surface area contributed by atoms with Gasteiger partial charge in [-0.05, 0) is 32.5 Å². The van der Waals surface area contributed by atoms with Gasteiger partial charge in [-0.25, -0.2) is 9.37 Å². The highest BCUT2D eigenvalue weighted by Crippen LogP contribution is 2.15. The number of amides is 1. The summed E-state index contributed by atoms with van der Waals surface area (Å²) in [4.78, 5) is 17.6. The fraction of sp³-hybridized carbons (Fsp3) is 0.500. The Kier molecular flexibility index (Phi) is 3.76. The molecule has 5 nitrogen and oxygen atoms in total. The number of carbonyl (C=O) groups is 1. The van der Waals surface area contributed by atoms with Crippen LogP contribution in [-0.4, -0.2) is 42.0 Å². The largest absolute Gasteiger partial charge is 0.381 e. The van der Waals surface area contributed by atoms with Crippen LogP contribution in [0.15, 0.2) is 12.3 Å². The first-order chi connectivity index (χ1) is 8.59. The Balaban J connectivity index is 1.97. The van der Waals surface area contributed by atoms with E-state index in [4.69, 9.17) is 5.73 Å². The second-order valence-electron chi connectivity index (χ2n) is 4.54. The highest BCUT2D eigenvalue weighted by atomic mass is 19.1.